The first-order valence-corrected chi connectivity index (χ1v) is 12.0. The number of hydrogen-bond acceptors (Lipinski definition) is 4. The second kappa shape index (κ2) is 11.2. The Hall–Kier alpha value is -4.90. The maximum atomic E-state index is 12.7. The van der Waals surface area contributed by atoms with E-state index >= 15 is 0 Å². The fourth-order valence-corrected chi connectivity index (χ4v) is 4.03. The zero-order valence-electron chi connectivity index (χ0n) is 20.5. The van der Waals surface area contributed by atoms with Crippen molar-refractivity contribution in [2.45, 2.75) is 6.61 Å². The molecule has 0 amide bonds. The van der Waals surface area contributed by atoms with Gasteiger partial charge in [0.1, 0.15) is 18.1 Å². The van der Waals surface area contributed by atoms with Crippen LogP contribution in [0.1, 0.15) is 21.5 Å². The van der Waals surface area contributed by atoms with Gasteiger partial charge in [-0.2, -0.15) is 0 Å². The van der Waals surface area contributed by atoms with Crippen LogP contribution in [0.15, 0.2) is 122 Å². The van der Waals surface area contributed by atoms with E-state index in [0.29, 0.717) is 12.2 Å². The fraction of sp³-hybridized carbons (Fsp3) is 0.0625. The van der Waals surface area contributed by atoms with Gasteiger partial charge in [0.2, 0.25) is 0 Å². The van der Waals surface area contributed by atoms with E-state index in [0.717, 1.165) is 33.9 Å². The Morgan fingerprint density at radius 1 is 0.892 bits per heavy atom. The van der Waals surface area contributed by atoms with Gasteiger partial charge in [0.15, 0.2) is 5.78 Å². The molecule has 5 nitrogen and oxygen atoms in total. The van der Waals surface area contributed by atoms with E-state index in [-0.39, 0.29) is 5.78 Å². The average Bonchev–Trinajstić information content (AvgIpc) is 3.51. The molecule has 0 aliphatic heterocycles. The molecule has 5 aromatic rings. The van der Waals surface area contributed by atoms with Crippen LogP contribution in [0.4, 0.5) is 0 Å². The Morgan fingerprint density at radius 3 is 2.35 bits per heavy atom. The van der Waals surface area contributed by atoms with E-state index in [1.54, 1.807) is 25.7 Å². The van der Waals surface area contributed by atoms with Crippen molar-refractivity contribution < 1.29 is 14.3 Å². The largest absolute Gasteiger partial charge is 0.496 e. The Labute approximate surface area is 216 Å². The molecule has 182 valence electrons. The van der Waals surface area contributed by atoms with Crippen LogP contribution in [0.25, 0.3) is 22.9 Å². The van der Waals surface area contributed by atoms with Crippen LogP contribution in [0.5, 0.6) is 11.5 Å². The lowest BCUT2D eigenvalue weighted by Crippen LogP contribution is -1.99. The number of ketones is 1. The van der Waals surface area contributed by atoms with Gasteiger partial charge in [0, 0.05) is 29.2 Å². The summed E-state index contributed by atoms with van der Waals surface area (Å²) in [5.41, 5.74) is 5.66. The predicted octanol–water partition coefficient (Wildman–Crippen LogP) is 7.02. The fourth-order valence-electron chi connectivity index (χ4n) is 4.03. The van der Waals surface area contributed by atoms with Gasteiger partial charge in [0.05, 0.1) is 13.4 Å². The molecule has 0 radical (unpaired) electrons. The Balaban J connectivity index is 1.25. The van der Waals surface area contributed by atoms with Gasteiger partial charge in [0.25, 0.3) is 0 Å². The number of benzene rings is 4. The quantitative estimate of drug-likeness (QED) is 0.166. The molecule has 5 rings (SSSR count). The molecule has 0 bridgehead atoms. The zero-order chi connectivity index (χ0) is 25.5. The van der Waals surface area contributed by atoms with Crippen molar-refractivity contribution in [3.8, 4) is 28.3 Å². The molecule has 0 unspecified atom stereocenters. The number of allylic oxidation sites excluding steroid dienone is 1. The van der Waals surface area contributed by atoms with Crippen molar-refractivity contribution in [1.82, 2.24) is 9.55 Å². The van der Waals surface area contributed by atoms with Crippen molar-refractivity contribution >= 4 is 11.9 Å². The molecule has 4 aromatic carbocycles. The van der Waals surface area contributed by atoms with Gasteiger partial charge in [-0.15, -0.1) is 0 Å². The minimum Gasteiger partial charge on any atom is -0.496 e. The van der Waals surface area contributed by atoms with Crippen molar-refractivity contribution in [3.63, 3.8) is 0 Å². The van der Waals surface area contributed by atoms with Crippen LogP contribution in [0.3, 0.4) is 0 Å². The number of carbonyl (C=O) groups is 1. The number of nitrogens with zero attached hydrogens (tertiary/aromatic N) is 2. The first kappa shape index (κ1) is 23.8. The van der Waals surface area contributed by atoms with Crippen molar-refractivity contribution in [3.05, 3.63) is 139 Å². The molecule has 0 N–H and O–H groups in total. The second-order valence-corrected chi connectivity index (χ2v) is 8.46. The topological polar surface area (TPSA) is 53.4 Å². The highest BCUT2D eigenvalue weighted by Crippen LogP contribution is 2.25. The highest BCUT2D eigenvalue weighted by molar-refractivity contribution is 6.06. The molecule has 0 atom stereocenters. The monoisotopic (exact) mass is 486 g/mol. The summed E-state index contributed by atoms with van der Waals surface area (Å²) in [6.45, 7) is 0.346. The number of hydrogen-bond donors (Lipinski definition) is 0. The number of imidazole rings is 1. The average molecular weight is 487 g/mol. The van der Waals surface area contributed by atoms with Gasteiger partial charge >= 0.3 is 0 Å². The number of methoxy groups -OCH3 is 1. The highest BCUT2D eigenvalue weighted by Gasteiger charge is 2.07. The highest BCUT2D eigenvalue weighted by atomic mass is 16.5. The summed E-state index contributed by atoms with van der Waals surface area (Å²) in [6.07, 6.45) is 8.70. The molecule has 0 fully saturated rings. The van der Waals surface area contributed by atoms with Gasteiger partial charge in [-0.3, -0.25) is 4.79 Å². The van der Waals surface area contributed by atoms with Gasteiger partial charge < -0.3 is 14.0 Å². The second-order valence-electron chi connectivity index (χ2n) is 8.46. The summed E-state index contributed by atoms with van der Waals surface area (Å²) in [5, 5.41) is 0. The van der Waals surface area contributed by atoms with E-state index < -0.39 is 0 Å². The van der Waals surface area contributed by atoms with Crippen LogP contribution < -0.4 is 9.47 Å². The van der Waals surface area contributed by atoms with E-state index in [2.05, 4.69) is 29.2 Å². The Bertz CT molecular complexity index is 1490. The number of ether oxygens (including phenoxy) is 2. The normalized spacial score (nSPS) is 10.9. The molecule has 0 saturated carbocycles. The molecule has 0 saturated heterocycles. The smallest absolute Gasteiger partial charge is 0.185 e. The van der Waals surface area contributed by atoms with Crippen LogP contribution in [0, 0.1) is 0 Å². The summed E-state index contributed by atoms with van der Waals surface area (Å²) < 4.78 is 13.5. The first-order valence-electron chi connectivity index (χ1n) is 12.0. The Kier molecular flexibility index (Phi) is 7.23. The van der Waals surface area contributed by atoms with E-state index in [4.69, 9.17) is 9.47 Å². The predicted molar refractivity (Wildman–Crippen MR) is 146 cm³/mol. The third kappa shape index (κ3) is 5.85. The molecule has 0 aliphatic rings. The molecule has 37 heavy (non-hydrogen) atoms. The third-order valence-corrected chi connectivity index (χ3v) is 6.04. The summed E-state index contributed by atoms with van der Waals surface area (Å²) in [5.74, 6) is 1.45. The maximum Gasteiger partial charge on any atom is 0.185 e. The number of carbonyl (C=O) groups excluding carboxylic acids is 1. The number of rotatable bonds is 9. The summed E-state index contributed by atoms with van der Waals surface area (Å²) >= 11 is 0. The molecular weight excluding hydrogens is 460 g/mol. The number of aromatic nitrogens is 2. The molecule has 5 heteroatoms. The van der Waals surface area contributed by atoms with Gasteiger partial charge in [-0.25, -0.2) is 4.98 Å². The minimum atomic E-state index is -0.0655. The summed E-state index contributed by atoms with van der Waals surface area (Å²) in [4.78, 5) is 16.8. The Morgan fingerprint density at radius 2 is 1.65 bits per heavy atom. The molecule has 0 spiro atoms. The minimum absolute atomic E-state index is 0.0655. The van der Waals surface area contributed by atoms with Crippen molar-refractivity contribution in [1.29, 1.82) is 0 Å². The lowest BCUT2D eigenvalue weighted by atomic mass is 10.1. The van der Waals surface area contributed by atoms with Crippen molar-refractivity contribution in [2.24, 2.45) is 0 Å². The lowest BCUT2D eigenvalue weighted by Gasteiger charge is -2.12. The van der Waals surface area contributed by atoms with Crippen LogP contribution >= 0.6 is 0 Å². The molecule has 1 aromatic heterocycles. The van der Waals surface area contributed by atoms with Gasteiger partial charge in [-0.1, -0.05) is 54.6 Å². The first-order chi connectivity index (χ1) is 18.2. The van der Waals surface area contributed by atoms with Gasteiger partial charge in [-0.05, 0) is 71.3 Å². The standard InChI is InChI=1S/C32H26N2O3/c1-36-32-18-8-24(7-17-31(35)27-9-13-29(14-10-27)34-20-19-33-23-34)21-28(32)22-37-30-15-11-26(12-16-30)25-5-3-2-4-6-25/h2-21,23H,22H2,1H3/b17-7+. The molecular formula is C32H26N2O3. The lowest BCUT2D eigenvalue weighted by molar-refractivity contribution is 0.104. The van der Waals surface area contributed by atoms with E-state index in [1.807, 2.05) is 89.6 Å². The molecule has 1 heterocycles. The summed E-state index contributed by atoms with van der Waals surface area (Å²) in [7, 11) is 1.64. The zero-order valence-corrected chi connectivity index (χ0v) is 20.5. The maximum absolute atomic E-state index is 12.7. The van der Waals surface area contributed by atoms with E-state index in [1.165, 1.54) is 5.56 Å². The SMILES string of the molecule is COc1ccc(/C=C/C(=O)c2ccc(-n3ccnc3)cc2)cc1COc1ccc(-c2ccccc2)cc1. The third-order valence-electron chi connectivity index (χ3n) is 6.04. The molecule has 0 aliphatic carbocycles. The van der Waals surface area contributed by atoms with Crippen LogP contribution in [0.2, 0.25) is 0 Å². The summed E-state index contributed by atoms with van der Waals surface area (Å²) in [6, 6.07) is 31.5. The van der Waals surface area contributed by atoms with Crippen molar-refractivity contribution in [2.75, 3.05) is 7.11 Å². The van der Waals surface area contributed by atoms with Crippen LogP contribution in [-0.2, 0) is 6.61 Å². The van der Waals surface area contributed by atoms with Crippen LogP contribution in [-0.4, -0.2) is 22.4 Å². The van der Waals surface area contributed by atoms with E-state index in [9.17, 15) is 4.79 Å².